The maximum absolute atomic E-state index is 12.9. The highest BCUT2D eigenvalue weighted by Gasteiger charge is 2.25. The van der Waals surface area contributed by atoms with Crippen LogP contribution in [-0.2, 0) is 5.54 Å². The Kier molecular flexibility index (Phi) is 2.73. The summed E-state index contributed by atoms with van der Waals surface area (Å²) in [4.78, 5) is 0. The number of rotatable bonds is 2. The molecule has 0 aromatic heterocycles. The van der Waals surface area contributed by atoms with E-state index in [-0.39, 0.29) is 0 Å². The van der Waals surface area contributed by atoms with Crippen molar-refractivity contribution in [2.75, 3.05) is 7.11 Å². The van der Waals surface area contributed by atoms with E-state index in [0.717, 1.165) is 0 Å². The Hall–Kier alpha value is -1.60. The van der Waals surface area contributed by atoms with Gasteiger partial charge < -0.3 is 10.5 Å². The molecule has 2 N–H and O–H groups in total. The lowest BCUT2D eigenvalue weighted by Gasteiger charge is -2.18. The highest BCUT2D eigenvalue weighted by atomic mass is 19.1. The Morgan fingerprint density at radius 2 is 2.21 bits per heavy atom. The molecule has 1 aromatic carbocycles. The number of nitriles is 1. The number of nitrogens with zero attached hydrogens (tertiary/aromatic N) is 1. The standard InChI is InChI=1S/C10H11FN2O/c1-10(13,6-12)8-5-7(11)3-4-9(8)14-2/h3-5H,13H2,1-2H3/t10-/m1/s1. The molecule has 1 atom stereocenters. The number of benzene rings is 1. The van der Waals surface area contributed by atoms with Crippen LogP contribution >= 0.6 is 0 Å². The van der Waals surface area contributed by atoms with E-state index < -0.39 is 11.4 Å². The van der Waals surface area contributed by atoms with Crippen molar-refractivity contribution in [2.24, 2.45) is 5.73 Å². The van der Waals surface area contributed by atoms with Crippen molar-refractivity contribution in [1.82, 2.24) is 0 Å². The molecule has 0 unspecified atom stereocenters. The smallest absolute Gasteiger partial charge is 0.130 e. The maximum atomic E-state index is 12.9. The number of hydrogen-bond donors (Lipinski definition) is 1. The quantitative estimate of drug-likeness (QED) is 0.776. The van der Waals surface area contributed by atoms with Crippen molar-refractivity contribution in [3.05, 3.63) is 29.6 Å². The van der Waals surface area contributed by atoms with E-state index in [1.165, 1.54) is 32.2 Å². The molecular weight excluding hydrogens is 183 g/mol. The largest absolute Gasteiger partial charge is 0.496 e. The van der Waals surface area contributed by atoms with Crippen LogP contribution in [0.15, 0.2) is 18.2 Å². The Labute approximate surface area is 81.9 Å². The van der Waals surface area contributed by atoms with Crippen LogP contribution in [0.2, 0.25) is 0 Å². The fourth-order valence-corrected chi connectivity index (χ4v) is 1.15. The number of ether oxygens (including phenoxy) is 1. The van der Waals surface area contributed by atoms with Gasteiger partial charge in [-0.05, 0) is 25.1 Å². The first-order valence-electron chi connectivity index (χ1n) is 4.05. The molecule has 0 saturated carbocycles. The molecule has 74 valence electrons. The zero-order valence-electron chi connectivity index (χ0n) is 8.04. The van der Waals surface area contributed by atoms with Crippen LogP contribution in [0.25, 0.3) is 0 Å². The second kappa shape index (κ2) is 3.64. The van der Waals surface area contributed by atoms with Gasteiger partial charge in [0.05, 0.1) is 13.2 Å². The zero-order chi connectivity index (χ0) is 10.8. The first kappa shape index (κ1) is 10.5. The lowest BCUT2D eigenvalue weighted by atomic mass is 9.94. The van der Waals surface area contributed by atoms with Crippen molar-refractivity contribution in [2.45, 2.75) is 12.5 Å². The number of methoxy groups -OCH3 is 1. The van der Waals surface area contributed by atoms with E-state index in [4.69, 9.17) is 15.7 Å². The Morgan fingerprint density at radius 3 is 2.71 bits per heavy atom. The number of nitrogens with two attached hydrogens (primary N) is 1. The van der Waals surface area contributed by atoms with Gasteiger partial charge >= 0.3 is 0 Å². The molecule has 0 amide bonds. The minimum Gasteiger partial charge on any atom is -0.496 e. The van der Waals surface area contributed by atoms with Gasteiger partial charge in [-0.25, -0.2) is 4.39 Å². The minimum atomic E-state index is -1.24. The molecule has 1 aromatic rings. The number of halogens is 1. The van der Waals surface area contributed by atoms with Crippen LogP contribution in [0, 0.1) is 17.1 Å². The molecule has 3 nitrogen and oxygen atoms in total. The van der Waals surface area contributed by atoms with Crippen molar-refractivity contribution >= 4 is 0 Å². The molecule has 0 fully saturated rings. The predicted molar refractivity (Wildman–Crippen MR) is 50.1 cm³/mol. The Bertz CT molecular complexity index is 382. The monoisotopic (exact) mass is 194 g/mol. The second-order valence-corrected chi connectivity index (χ2v) is 3.16. The van der Waals surface area contributed by atoms with Crippen molar-refractivity contribution in [3.8, 4) is 11.8 Å². The topological polar surface area (TPSA) is 59.0 Å². The molecule has 4 heteroatoms. The molecule has 0 bridgehead atoms. The molecule has 0 aliphatic heterocycles. The van der Waals surface area contributed by atoms with Gasteiger partial charge in [-0.3, -0.25) is 0 Å². The summed E-state index contributed by atoms with van der Waals surface area (Å²) in [7, 11) is 1.45. The van der Waals surface area contributed by atoms with Gasteiger partial charge in [-0.2, -0.15) is 5.26 Å². The highest BCUT2D eigenvalue weighted by Crippen LogP contribution is 2.28. The summed E-state index contributed by atoms with van der Waals surface area (Å²) in [6, 6.07) is 5.81. The third-order valence-electron chi connectivity index (χ3n) is 1.95. The van der Waals surface area contributed by atoms with E-state index in [2.05, 4.69) is 0 Å². The fraction of sp³-hybridized carbons (Fsp3) is 0.300. The van der Waals surface area contributed by atoms with Gasteiger partial charge in [0.1, 0.15) is 17.1 Å². The molecular formula is C10H11FN2O. The predicted octanol–water partition coefficient (Wildman–Crippen LogP) is 1.53. The molecule has 0 heterocycles. The fourth-order valence-electron chi connectivity index (χ4n) is 1.15. The van der Waals surface area contributed by atoms with E-state index in [1.807, 2.05) is 6.07 Å². The molecule has 0 radical (unpaired) electrons. The van der Waals surface area contributed by atoms with E-state index in [1.54, 1.807) is 0 Å². The summed E-state index contributed by atoms with van der Waals surface area (Å²) in [5, 5.41) is 8.81. The third kappa shape index (κ3) is 1.83. The number of hydrogen-bond acceptors (Lipinski definition) is 3. The van der Waals surface area contributed by atoms with Gasteiger partial charge in [-0.1, -0.05) is 0 Å². The summed E-state index contributed by atoms with van der Waals surface area (Å²) < 4.78 is 17.9. The van der Waals surface area contributed by atoms with Crippen LogP contribution in [0.1, 0.15) is 12.5 Å². The van der Waals surface area contributed by atoms with Gasteiger partial charge in [0.15, 0.2) is 0 Å². The van der Waals surface area contributed by atoms with Crippen LogP contribution in [0.4, 0.5) is 4.39 Å². The first-order valence-corrected chi connectivity index (χ1v) is 4.05. The first-order chi connectivity index (χ1) is 6.51. The molecule has 0 spiro atoms. The third-order valence-corrected chi connectivity index (χ3v) is 1.95. The molecule has 14 heavy (non-hydrogen) atoms. The molecule has 1 rings (SSSR count). The van der Waals surface area contributed by atoms with Crippen molar-refractivity contribution in [1.29, 1.82) is 5.26 Å². The molecule has 0 saturated heterocycles. The molecule has 0 aliphatic carbocycles. The SMILES string of the molecule is COc1ccc(F)cc1[C@](C)(N)C#N. The van der Waals surface area contributed by atoms with E-state index in [0.29, 0.717) is 11.3 Å². The average Bonchev–Trinajstić information content (AvgIpc) is 2.18. The van der Waals surface area contributed by atoms with Crippen molar-refractivity contribution in [3.63, 3.8) is 0 Å². The minimum absolute atomic E-state index is 0.350. The van der Waals surface area contributed by atoms with Crippen LogP contribution < -0.4 is 10.5 Å². The summed E-state index contributed by atoms with van der Waals surface area (Å²) in [5.41, 5.74) is 4.78. The zero-order valence-corrected chi connectivity index (χ0v) is 8.04. The van der Waals surface area contributed by atoms with Crippen LogP contribution in [0.3, 0.4) is 0 Å². The van der Waals surface area contributed by atoms with Gasteiger partial charge in [0.2, 0.25) is 0 Å². The van der Waals surface area contributed by atoms with Gasteiger partial charge in [0.25, 0.3) is 0 Å². The Balaban J connectivity index is 3.32. The van der Waals surface area contributed by atoms with Gasteiger partial charge in [-0.15, -0.1) is 0 Å². The lowest BCUT2D eigenvalue weighted by molar-refractivity contribution is 0.399. The van der Waals surface area contributed by atoms with E-state index in [9.17, 15) is 4.39 Å². The van der Waals surface area contributed by atoms with Crippen LogP contribution in [0.5, 0.6) is 5.75 Å². The Morgan fingerprint density at radius 1 is 1.57 bits per heavy atom. The van der Waals surface area contributed by atoms with E-state index >= 15 is 0 Å². The van der Waals surface area contributed by atoms with Crippen LogP contribution in [-0.4, -0.2) is 7.11 Å². The highest BCUT2D eigenvalue weighted by molar-refractivity contribution is 5.42. The average molecular weight is 194 g/mol. The maximum Gasteiger partial charge on any atom is 0.130 e. The summed E-state index contributed by atoms with van der Waals surface area (Å²) in [6.07, 6.45) is 0. The summed E-state index contributed by atoms with van der Waals surface area (Å²) >= 11 is 0. The molecule has 0 aliphatic rings. The summed E-state index contributed by atoms with van der Waals surface area (Å²) in [5.74, 6) is -0.0225. The lowest BCUT2D eigenvalue weighted by Crippen LogP contribution is -2.31. The summed E-state index contributed by atoms with van der Waals surface area (Å²) in [6.45, 7) is 1.50. The normalized spacial score (nSPS) is 14.2. The second-order valence-electron chi connectivity index (χ2n) is 3.16. The van der Waals surface area contributed by atoms with Gasteiger partial charge in [0, 0.05) is 5.56 Å². The van der Waals surface area contributed by atoms with Crippen molar-refractivity contribution < 1.29 is 9.13 Å².